The van der Waals surface area contributed by atoms with Crippen molar-refractivity contribution in [2.75, 3.05) is 13.7 Å². The van der Waals surface area contributed by atoms with E-state index in [9.17, 15) is 9.59 Å². The zero-order valence-corrected chi connectivity index (χ0v) is 19.1. The van der Waals surface area contributed by atoms with E-state index in [1.54, 1.807) is 30.2 Å². The SMILES string of the molecule is CCC(C)N(Cc1cc(C(=O)NCc2ccc(OC)cc2)no1)C(=O)COc1ccccc1. The number of carbonyl (C=O) groups excluding carboxylic acids is 2. The van der Waals surface area contributed by atoms with Gasteiger partial charge in [0.2, 0.25) is 0 Å². The molecule has 1 heterocycles. The second-order valence-corrected chi connectivity index (χ2v) is 7.59. The number of amides is 2. The lowest BCUT2D eigenvalue weighted by Crippen LogP contribution is -2.40. The molecule has 1 unspecified atom stereocenters. The van der Waals surface area contributed by atoms with Crippen LogP contribution in [0.15, 0.2) is 65.2 Å². The number of carbonyl (C=O) groups is 2. The number of nitrogens with one attached hydrogen (secondary N) is 1. The van der Waals surface area contributed by atoms with Gasteiger partial charge < -0.3 is 24.2 Å². The molecule has 0 aliphatic carbocycles. The number of benzene rings is 2. The van der Waals surface area contributed by atoms with Gasteiger partial charge in [0, 0.05) is 18.7 Å². The van der Waals surface area contributed by atoms with Gasteiger partial charge in [-0.25, -0.2) is 0 Å². The molecule has 2 aromatic carbocycles. The first-order valence-electron chi connectivity index (χ1n) is 10.8. The Morgan fingerprint density at radius 1 is 1.09 bits per heavy atom. The van der Waals surface area contributed by atoms with Crippen LogP contribution in [-0.4, -0.2) is 41.6 Å². The maximum Gasteiger partial charge on any atom is 0.273 e. The van der Waals surface area contributed by atoms with Crippen molar-refractivity contribution in [3.63, 3.8) is 0 Å². The Bertz CT molecular complexity index is 1030. The monoisotopic (exact) mass is 451 g/mol. The molecule has 0 aliphatic heterocycles. The maximum absolute atomic E-state index is 12.8. The van der Waals surface area contributed by atoms with Gasteiger partial charge in [-0.3, -0.25) is 9.59 Å². The Morgan fingerprint density at radius 2 is 1.82 bits per heavy atom. The molecule has 2 amide bonds. The van der Waals surface area contributed by atoms with Gasteiger partial charge in [-0.15, -0.1) is 0 Å². The Labute approximate surface area is 193 Å². The molecule has 0 bridgehead atoms. The van der Waals surface area contributed by atoms with Crippen LogP contribution in [0, 0.1) is 0 Å². The van der Waals surface area contributed by atoms with Crippen LogP contribution in [0.1, 0.15) is 42.1 Å². The zero-order valence-electron chi connectivity index (χ0n) is 19.1. The maximum atomic E-state index is 12.8. The van der Waals surface area contributed by atoms with Crippen LogP contribution in [0.3, 0.4) is 0 Å². The van der Waals surface area contributed by atoms with Gasteiger partial charge in [-0.1, -0.05) is 42.4 Å². The molecule has 3 rings (SSSR count). The molecule has 1 N–H and O–H groups in total. The summed E-state index contributed by atoms with van der Waals surface area (Å²) >= 11 is 0. The largest absolute Gasteiger partial charge is 0.497 e. The summed E-state index contributed by atoms with van der Waals surface area (Å²) in [5.74, 6) is 1.29. The molecule has 0 spiro atoms. The number of hydrogen-bond donors (Lipinski definition) is 1. The number of rotatable bonds is 11. The highest BCUT2D eigenvalue weighted by Crippen LogP contribution is 2.15. The van der Waals surface area contributed by atoms with E-state index < -0.39 is 0 Å². The molecular formula is C25H29N3O5. The molecule has 3 aromatic rings. The van der Waals surface area contributed by atoms with Crippen LogP contribution < -0.4 is 14.8 Å². The molecule has 0 radical (unpaired) electrons. The Morgan fingerprint density at radius 3 is 2.48 bits per heavy atom. The molecule has 0 saturated carbocycles. The number of ether oxygens (including phenoxy) is 2. The molecule has 33 heavy (non-hydrogen) atoms. The Kier molecular flexibility index (Phi) is 8.46. The first-order chi connectivity index (χ1) is 16.0. The Balaban J connectivity index is 1.57. The van der Waals surface area contributed by atoms with Gasteiger partial charge in [0.1, 0.15) is 11.5 Å². The summed E-state index contributed by atoms with van der Waals surface area (Å²) in [6, 6.07) is 18.1. The zero-order chi connectivity index (χ0) is 23.6. The summed E-state index contributed by atoms with van der Waals surface area (Å²) in [5.41, 5.74) is 1.09. The summed E-state index contributed by atoms with van der Waals surface area (Å²) in [4.78, 5) is 27.0. The highest BCUT2D eigenvalue weighted by molar-refractivity contribution is 5.92. The van der Waals surface area contributed by atoms with E-state index >= 15 is 0 Å². The molecule has 1 aromatic heterocycles. The van der Waals surface area contributed by atoms with Crippen LogP contribution in [-0.2, 0) is 17.9 Å². The average Bonchev–Trinajstić information content (AvgIpc) is 3.33. The summed E-state index contributed by atoms with van der Waals surface area (Å²) in [6.45, 7) is 4.42. The quantitative estimate of drug-likeness (QED) is 0.476. The highest BCUT2D eigenvalue weighted by atomic mass is 16.5. The molecule has 0 fully saturated rings. The third kappa shape index (κ3) is 6.83. The lowest BCUT2D eigenvalue weighted by molar-refractivity contribution is -0.136. The second-order valence-electron chi connectivity index (χ2n) is 7.59. The van der Waals surface area contributed by atoms with Crippen molar-refractivity contribution in [1.29, 1.82) is 0 Å². The van der Waals surface area contributed by atoms with Gasteiger partial charge in [0.15, 0.2) is 18.1 Å². The van der Waals surface area contributed by atoms with Crippen LogP contribution >= 0.6 is 0 Å². The number of nitrogens with zero attached hydrogens (tertiary/aromatic N) is 2. The van der Waals surface area contributed by atoms with Gasteiger partial charge in [-0.05, 0) is 43.2 Å². The normalized spacial score (nSPS) is 11.5. The predicted molar refractivity (Wildman–Crippen MR) is 123 cm³/mol. The van der Waals surface area contributed by atoms with Crippen molar-refractivity contribution in [3.8, 4) is 11.5 Å². The van der Waals surface area contributed by atoms with Crippen LogP contribution in [0.2, 0.25) is 0 Å². The summed E-state index contributed by atoms with van der Waals surface area (Å²) in [7, 11) is 1.60. The van der Waals surface area contributed by atoms with Crippen molar-refractivity contribution in [1.82, 2.24) is 15.4 Å². The van der Waals surface area contributed by atoms with E-state index in [1.807, 2.05) is 56.3 Å². The topological polar surface area (TPSA) is 93.9 Å². The van der Waals surface area contributed by atoms with E-state index in [0.29, 0.717) is 18.1 Å². The fourth-order valence-electron chi connectivity index (χ4n) is 3.13. The minimum atomic E-state index is -0.352. The molecule has 0 aliphatic rings. The minimum absolute atomic E-state index is 0.0330. The van der Waals surface area contributed by atoms with E-state index in [2.05, 4.69) is 10.5 Å². The average molecular weight is 452 g/mol. The van der Waals surface area contributed by atoms with Gasteiger partial charge >= 0.3 is 0 Å². The smallest absolute Gasteiger partial charge is 0.273 e. The second kappa shape index (κ2) is 11.7. The van der Waals surface area contributed by atoms with E-state index in [1.165, 1.54) is 0 Å². The van der Waals surface area contributed by atoms with Crippen LogP contribution in [0.25, 0.3) is 0 Å². The molecular weight excluding hydrogens is 422 g/mol. The molecule has 8 nitrogen and oxygen atoms in total. The van der Waals surface area contributed by atoms with Crippen molar-refractivity contribution in [2.24, 2.45) is 0 Å². The van der Waals surface area contributed by atoms with Gasteiger partial charge in [-0.2, -0.15) is 0 Å². The molecule has 174 valence electrons. The van der Waals surface area contributed by atoms with E-state index in [0.717, 1.165) is 17.7 Å². The summed E-state index contributed by atoms with van der Waals surface area (Å²) in [6.07, 6.45) is 0.764. The molecule has 1 atom stereocenters. The van der Waals surface area contributed by atoms with Crippen LogP contribution in [0.5, 0.6) is 11.5 Å². The summed E-state index contributed by atoms with van der Waals surface area (Å²) in [5, 5.41) is 6.68. The standard InChI is InChI=1S/C25H29N3O5/c1-4-18(2)28(24(29)17-32-21-8-6-5-7-9-21)16-22-14-23(27-33-22)25(30)26-15-19-10-12-20(31-3)13-11-19/h5-14,18H,4,15-17H2,1-3H3,(H,26,30). The first-order valence-corrected chi connectivity index (χ1v) is 10.8. The van der Waals surface area contributed by atoms with E-state index in [-0.39, 0.29) is 36.7 Å². The number of methoxy groups -OCH3 is 1. The van der Waals surface area contributed by atoms with Crippen LogP contribution in [0.4, 0.5) is 0 Å². The third-order valence-corrected chi connectivity index (χ3v) is 5.28. The van der Waals surface area contributed by atoms with Crippen molar-refractivity contribution >= 4 is 11.8 Å². The van der Waals surface area contributed by atoms with Gasteiger partial charge in [0.05, 0.1) is 13.7 Å². The summed E-state index contributed by atoms with van der Waals surface area (Å²) < 4.78 is 16.1. The van der Waals surface area contributed by atoms with Crippen molar-refractivity contribution in [2.45, 2.75) is 39.4 Å². The van der Waals surface area contributed by atoms with Crippen molar-refractivity contribution in [3.05, 3.63) is 77.7 Å². The fourth-order valence-corrected chi connectivity index (χ4v) is 3.13. The number of para-hydroxylation sites is 1. The number of hydrogen-bond acceptors (Lipinski definition) is 6. The Hall–Kier alpha value is -3.81. The number of aromatic nitrogens is 1. The molecule has 8 heteroatoms. The van der Waals surface area contributed by atoms with E-state index in [4.69, 9.17) is 14.0 Å². The predicted octanol–water partition coefficient (Wildman–Crippen LogP) is 3.82. The fraction of sp³-hybridized carbons (Fsp3) is 0.320. The lowest BCUT2D eigenvalue weighted by atomic mass is 10.2. The molecule has 0 saturated heterocycles. The third-order valence-electron chi connectivity index (χ3n) is 5.28. The lowest BCUT2D eigenvalue weighted by Gasteiger charge is -2.27. The van der Waals surface area contributed by atoms with Gasteiger partial charge in [0.25, 0.3) is 11.8 Å². The highest BCUT2D eigenvalue weighted by Gasteiger charge is 2.23. The van der Waals surface area contributed by atoms with Crippen molar-refractivity contribution < 1.29 is 23.6 Å². The first kappa shape index (κ1) is 23.8. The minimum Gasteiger partial charge on any atom is -0.497 e.